The van der Waals surface area contributed by atoms with Gasteiger partial charge in [-0.1, -0.05) is 0 Å². The number of anilines is 1. The molecule has 2 aromatic rings. The molecular weight excluding hydrogens is 280 g/mol. The van der Waals surface area contributed by atoms with Gasteiger partial charge in [0.05, 0.1) is 11.9 Å². The van der Waals surface area contributed by atoms with E-state index in [2.05, 4.69) is 20.1 Å². The maximum Gasteiger partial charge on any atom is 0.339 e. The number of aromatic nitrogens is 5. The Hall–Kier alpha value is -1.87. The average molecular weight is 287 g/mol. The van der Waals surface area contributed by atoms with Gasteiger partial charge in [0.2, 0.25) is 5.28 Å². The molecule has 0 aliphatic heterocycles. The third-order valence-electron chi connectivity index (χ3n) is 1.89. The number of aryl methyl sites for hydroxylation is 1. The molecule has 0 amide bonds. The van der Waals surface area contributed by atoms with Crippen molar-refractivity contribution >= 4 is 29.1 Å². The number of nitrogens with zero attached hydrogens (tertiary/aromatic N) is 4. The van der Waals surface area contributed by atoms with Gasteiger partial charge in [-0.2, -0.15) is 4.98 Å². The quantitative estimate of drug-likeness (QED) is 0.439. The Kier molecular flexibility index (Phi) is 3.34. The van der Waals surface area contributed by atoms with E-state index < -0.39 is 11.1 Å². The fraction of sp³-hybridized carbons (Fsp3) is 0.125. The number of halogens is 1. The van der Waals surface area contributed by atoms with Crippen molar-refractivity contribution in [2.45, 2.75) is 10.2 Å². The highest BCUT2D eigenvalue weighted by Gasteiger charge is 2.10. The first-order chi connectivity index (χ1) is 8.47. The Labute approximate surface area is 109 Å². The summed E-state index contributed by atoms with van der Waals surface area (Å²) in [6, 6.07) is 0. The van der Waals surface area contributed by atoms with Crippen LogP contribution in [0.2, 0.25) is 5.28 Å². The van der Waals surface area contributed by atoms with Crippen LogP contribution in [0, 0.1) is 0 Å². The summed E-state index contributed by atoms with van der Waals surface area (Å²) in [5.74, 6) is 0. The van der Waals surface area contributed by atoms with Crippen LogP contribution in [0.1, 0.15) is 0 Å². The highest BCUT2D eigenvalue weighted by atomic mass is 35.5. The Morgan fingerprint density at radius 2 is 2.17 bits per heavy atom. The van der Waals surface area contributed by atoms with Gasteiger partial charge in [-0.25, -0.2) is 9.97 Å². The molecular formula is C8H7ClN6O2S. The first-order valence-electron chi connectivity index (χ1n) is 4.60. The lowest BCUT2D eigenvalue weighted by molar-refractivity contribution is 0.596. The minimum Gasteiger partial charge on any atom is -0.395 e. The molecule has 0 aliphatic carbocycles. The monoisotopic (exact) mass is 286 g/mol. The molecule has 0 saturated carbocycles. The highest BCUT2D eigenvalue weighted by molar-refractivity contribution is 7.99. The third-order valence-corrected chi connectivity index (χ3v) is 3.14. The van der Waals surface area contributed by atoms with Gasteiger partial charge in [-0.05, 0) is 23.4 Å². The van der Waals surface area contributed by atoms with Crippen LogP contribution in [0.5, 0.6) is 0 Å². The van der Waals surface area contributed by atoms with Crippen molar-refractivity contribution in [1.29, 1.82) is 0 Å². The summed E-state index contributed by atoms with van der Waals surface area (Å²) in [6.45, 7) is 0. The summed E-state index contributed by atoms with van der Waals surface area (Å²) in [7, 11) is 1.54. The van der Waals surface area contributed by atoms with E-state index in [1.54, 1.807) is 0 Å². The summed E-state index contributed by atoms with van der Waals surface area (Å²) >= 11 is 6.64. The Balaban J connectivity index is 2.46. The van der Waals surface area contributed by atoms with E-state index in [0.717, 1.165) is 11.8 Å². The first kappa shape index (κ1) is 12.6. The Bertz CT molecular complexity index is 711. The van der Waals surface area contributed by atoms with Crippen molar-refractivity contribution in [1.82, 2.24) is 24.7 Å². The summed E-state index contributed by atoms with van der Waals surface area (Å²) in [5.41, 5.74) is 4.28. The van der Waals surface area contributed by atoms with Gasteiger partial charge >= 0.3 is 11.1 Å². The highest BCUT2D eigenvalue weighted by Crippen LogP contribution is 2.27. The lowest BCUT2D eigenvalue weighted by Crippen LogP contribution is -2.33. The molecule has 2 heterocycles. The van der Waals surface area contributed by atoms with Crippen molar-refractivity contribution in [3.05, 3.63) is 32.2 Å². The van der Waals surface area contributed by atoms with Crippen molar-refractivity contribution in [3.8, 4) is 0 Å². The van der Waals surface area contributed by atoms with Crippen molar-refractivity contribution in [2.75, 3.05) is 5.73 Å². The van der Waals surface area contributed by atoms with E-state index in [1.165, 1.54) is 17.9 Å². The molecule has 94 valence electrons. The zero-order valence-electron chi connectivity index (χ0n) is 9.05. The molecule has 3 N–H and O–H groups in total. The van der Waals surface area contributed by atoms with Crippen LogP contribution in [0.25, 0.3) is 0 Å². The fourth-order valence-electron chi connectivity index (χ4n) is 1.08. The zero-order chi connectivity index (χ0) is 13.3. The zero-order valence-corrected chi connectivity index (χ0v) is 10.6. The van der Waals surface area contributed by atoms with E-state index in [9.17, 15) is 9.59 Å². The Morgan fingerprint density at radius 1 is 1.44 bits per heavy atom. The average Bonchev–Trinajstić information content (AvgIpc) is 2.30. The minimum atomic E-state index is -0.880. The summed E-state index contributed by atoms with van der Waals surface area (Å²) in [5, 5.41) is 2.93. The largest absolute Gasteiger partial charge is 0.395 e. The molecule has 8 nitrogen and oxygen atoms in total. The van der Waals surface area contributed by atoms with E-state index in [-0.39, 0.29) is 10.4 Å². The number of H-pyrrole nitrogens is 1. The molecule has 18 heavy (non-hydrogen) atoms. The fourth-order valence-corrected chi connectivity index (χ4v) is 2.05. The summed E-state index contributed by atoms with van der Waals surface area (Å²) in [4.78, 5) is 33.4. The predicted octanol–water partition coefficient (Wildman–Crippen LogP) is -0.355. The smallest absolute Gasteiger partial charge is 0.339 e. The van der Waals surface area contributed by atoms with Crippen LogP contribution in [0.4, 0.5) is 5.69 Å². The van der Waals surface area contributed by atoms with Crippen molar-refractivity contribution < 1.29 is 0 Å². The topological polar surface area (TPSA) is 120 Å². The van der Waals surface area contributed by atoms with Gasteiger partial charge in [0.15, 0.2) is 5.16 Å². The van der Waals surface area contributed by atoms with Gasteiger partial charge < -0.3 is 5.73 Å². The van der Waals surface area contributed by atoms with Crippen molar-refractivity contribution in [2.24, 2.45) is 7.05 Å². The molecule has 0 unspecified atom stereocenters. The van der Waals surface area contributed by atoms with Crippen LogP contribution >= 0.6 is 23.4 Å². The van der Waals surface area contributed by atoms with Crippen LogP contribution in [0.15, 0.2) is 26.0 Å². The second-order valence-corrected chi connectivity index (χ2v) is 4.50. The van der Waals surface area contributed by atoms with E-state index >= 15 is 0 Å². The van der Waals surface area contributed by atoms with Crippen LogP contribution < -0.4 is 16.9 Å². The second kappa shape index (κ2) is 4.78. The van der Waals surface area contributed by atoms with Gasteiger partial charge in [0, 0.05) is 7.05 Å². The lowest BCUT2D eigenvalue weighted by atomic mass is 10.6. The normalized spacial score (nSPS) is 10.6. The summed E-state index contributed by atoms with van der Waals surface area (Å²) in [6.07, 6.45) is 1.35. The SMILES string of the molecule is Cn1[nH]c(=O)c(=O)nc1Sc1nc(Cl)ncc1N. The van der Waals surface area contributed by atoms with Gasteiger partial charge in [-0.15, -0.1) is 0 Å². The van der Waals surface area contributed by atoms with E-state index in [0.29, 0.717) is 10.7 Å². The lowest BCUT2D eigenvalue weighted by Gasteiger charge is -2.06. The maximum atomic E-state index is 11.2. The molecule has 2 rings (SSSR count). The molecule has 0 spiro atoms. The van der Waals surface area contributed by atoms with Gasteiger partial charge in [-0.3, -0.25) is 19.4 Å². The van der Waals surface area contributed by atoms with Crippen molar-refractivity contribution in [3.63, 3.8) is 0 Å². The maximum absolute atomic E-state index is 11.2. The molecule has 0 saturated heterocycles. The molecule has 0 radical (unpaired) electrons. The molecule has 0 aliphatic rings. The second-order valence-electron chi connectivity index (χ2n) is 3.20. The number of hydrogen-bond acceptors (Lipinski definition) is 7. The predicted molar refractivity (Wildman–Crippen MR) is 65.7 cm³/mol. The molecule has 0 atom stereocenters. The molecule has 0 bridgehead atoms. The number of nitrogens with two attached hydrogens (primary N) is 1. The minimum absolute atomic E-state index is 0.0288. The first-order valence-corrected chi connectivity index (χ1v) is 5.80. The third kappa shape index (κ3) is 2.51. The number of nitrogen functional groups attached to an aromatic ring is 1. The number of aromatic amines is 1. The molecule has 0 fully saturated rings. The van der Waals surface area contributed by atoms with E-state index in [4.69, 9.17) is 17.3 Å². The molecule has 0 aromatic carbocycles. The standard InChI is InChI=1S/C8H7ClN6O2S/c1-15-8(12-4(16)5(17)14-15)18-6-3(10)2-11-7(9)13-6/h2H,10H2,1H3,(H,14,17). The van der Waals surface area contributed by atoms with E-state index in [1.807, 2.05) is 0 Å². The molecule has 10 heteroatoms. The van der Waals surface area contributed by atoms with Gasteiger partial charge in [0.1, 0.15) is 5.03 Å². The number of rotatable bonds is 2. The number of hydrogen-bond donors (Lipinski definition) is 2. The van der Waals surface area contributed by atoms with Crippen LogP contribution in [-0.2, 0) is 7.05 Å². The van der Waals surface area contributed by atoms with Crippen LogP contribution in [0.3, 0.4) is 0 Å². The van der Waals surface area contributed by atoms with Gasteiger partial charge in [0.25, 0.3) is 0 Å². The summed E-state index contributed by atoms with van der Waals surface area (Å²) < 4.78 is 1.30. The Morgan fingerprint density at radius 3 is 2.89 bits per heavy atom. The number of nitrogens with one attached hydrogen (secondary N) is 1. The van der Waals surface area contributed by atoms with Crippen LogP contribution in [-0.4, -0.2) is 24.7 Å². The molecule has 2 aromatic heterocycles.